The van der Waals surface area contributed by atoms with Crippen molar-refractivity contribution in [1.82, 2.24) is 15.1 Å². The van der Waals surface area contributed by atoms with Crippen LogP contribution in [0, 0.1) is 11.7 Å². The van der Waals surface area contributed by atoms with Crippen LogP contribution in [0.3, 0.4) is 0 Å². The summed E-state index contributed by atoms with van der Waals surface area (Å²) >= 11 is 12.4. The molecule has 0 unspecified atom stereocenters. The van der Waals surface area contributed by atoms with Gasteiger partial charge < -0.3 is 15.7 Å². The van der Waals surface area contributed by atoms with Crippen LogP contribution in [0.4, 0.5) is 24.7 Å². The number of carbonyl (C=O) groups excluding carboxylic acids is 2. The van der Waals surface area contributed by atoms with Gasteiger partial charge in [0.05, 0.1) is 35.1 Å². The Morgan fingerprint density at radius 1 is 1.29 bits per heavy atom. The summed E-state index contributed by atoms with van der Waals surface area (Å²) in [4.78, 5) is 39.7. The molecule has 4 N–H and O–H groups in total. The maximum atomic E-state index is 15.0. The van der Waals surface area contributed by atoms with Crippen molar-refractivity contribution in [3.63, 3.8) is 0 Å². The second-order valence-corrected chi connectivity index (χ2v) is 10.3. The standard InChI is InChI=1S/C24H20Cl2F3N5O4/c1-10(21(37)31-20-13-6-12(27)2-3-16(13)32-33-20)17-7-23(28,29)9-34(17)24(8-18(35)36)14-4-11(25)5-15(26)19(14)30-22(24)38/h2-6,10,17H,7-9H2,1H3,(H,30,38)(H,35,36)(H2,31,32,33,37)/t10-,17-,24-/m1/s1. The fourth-order valence-electron chi connectivity index (χ4n) is 5.35. The molecule has 2 aliphatic heterocycles. The fraction of sp³-hybridized carbons (Fsp3) is 0.333. The molecule has 1 fully saturated rings. The van der Waals surface area contributed by atoms with E-state index in [0.717, 1.165) is 11.0 Å². The number of carboxylic acids is 1. The molecule has 0 radical (unpaired) electrons. The van der Waals surface area contributed by atoms with Crippen molar-refractivity contribution < 1.29 is 32.7 Å². The molecule has 0 spiro atoms. The zero-order valence-corrected chi connectivity index (χ0v) is 21.1. The van der Waals surface area contributed by atoms with E-state index in [-0.39, 0.29) is 32.5 Å². The first-order valence-electron chi connectivity index (χ1n) is 11.4. The first-order valence-corrected chi connectivity index (χ1v) is 12.2. The van der Waals surface area contributed by atoms with Crippen LogP contribution in [0.15, 0.2) is 30.3 Å². The topological polar surface area (TPSA) is 127 Å². The molecule has 1 saturated heterocycles. The molecule has 3 atom stereocenters. The van der Waals surface area contributed by atoms with Gasteiger partial charge in [-0.3, -0.25) is 24.4 Å². The number of carbonyl (C=O) groups is 3. The van der Waals surface area contributed by atoms with Crippen molar-refractivity contribution in [1.29, 1.82) is 0 Å². The van der Waals surface area contributed by atoms with Crippen LogP contribution < -0.4 is 10.6 Å². The molecule has 2 aliphatic rings. The number of benzene rings is 2. The van der Waals surface area contributed by atoms with Crippen LogP contribution in [0.25, 0.3) is 10.9 Å². The van der Waals surface area contributed by atoms with Gasteiger partial charge in [-0.15, -0.1) is 0 Å². The van der Waals surface area contributed by atoms with Crippen molar-refractivity contribution in [2.24, 2.45) is 5.92 Å². The third kappa shape index (κ3) is 4.26. The molecular formula is C24H20Cl2F3N5O4. The molecule has 3 heterocycles. The van der Waals surface area contributed by atoms with E-state index >= 15 is 0 Å². The van der Waals surface area contributed by atoms with Crippen LogP contribution in [0.5, 0.6) is 0 Å². The van der Waals surface area contributed by atoms with E-state index in [9.17, 15) is 32.7 Å². The Balaban J connectivity index is 1.55. The largest absolute Gasteiger partial charge is 0.481 e. The molecule has 14 heteroatoms. The third-order valence-electron chi connectivity index (χ3n) is 7.08. The van der Waals surface area contributed by atoms with Gasteiger partial charge in [0, 0.05) is 28.4 Å². The molecule has 9 nitrogen and oxygen atoms in total. The normalized spacial score (nSPS) is 23.3. The molecule has 2 aromatic carbocycles. The molecule has 2 amide bonds. The molecule has 200 valence electrons. The highest BCUT2D eigenvalue weighted by Gasteiger charge is 2.62. The second-order valence-electron chi connectivity index (χ2n) is 9.49. The number of hydrogen-bond acceptors (Lipinski definition) is 5. The summed E-state index contributed by atoms with van der Waals surface area (Å²) in [5.74, 6) is -8.13. The predicted molar refractivity (Wildman–Crippen MR) is 133 cm³/mol. The number of aliphatic carboxylic acids is 1. The van der Waals surface area contributed by atoms with E-state index in [1.807, 2.05) is 0 Å². The van der Waals surface area contributed by atoms with Gasteiger partial charge in [0.2, 0.25) is 11.8 Å². The van der Waals surface area contributed by atoms with Gasteiger partial charge in [0.1, 0.15) is 11.4 Å². The third-order valence-corrected chi connectivity index (χ3v) is 7.60. The van der Waals surface area contributed by atoms with Gasteiger partial charge >= 0.3 is 5.97 Å². The number of alkyl halides is 2. The Bertz CT molecular complexity index is 1500. The highest BCUT2D eigenvalue weighted by atomic mass is 35.5. The number of likely N-dealkylation sites (tertiary alicyclic amines) is 1. The number of carboxylic acid groups (broad SMARTS) is 1. The van der Waals surface area contributed by atoms with Crippen LogP contribution >= 0.6 is 23.2 Å². The maximum absolute atomic E-state index is 15.0. The average molecular weight is 570 g/mol. The lowest BCUT2D eigenvalue weighted by Crippen LogP contribution is -2.57. The minimum Gasteiger partial charge on any atom is -0.481 e. The van der Waals surface area contributed by atoms with Gasteiger partial charge in [-0.2, -0.15) is 5.10 Å². The molecule has 5 rings (SSSR count). The summed E-state index contributed by atoms with van der Waals surface area (Å²) in [7, 11) is 0. The quantitative estimate of drug-likeness (QED) is 0.343. The fourth-order valence-corrected chi connectivity index (χ4v) is 5.89. The van der Waals surface area contributed by atoms with Gasteiger partial charge in [0.25, 0.3) is 5.92 Å². The number of halogens is 5. The van der Waals surface area contributed by atoms with E-state index in [1.165, 1.54) is 31.2 Å². The average Bonchev–Trinajstić information content (AvgIpc) is 3.46. The monoisotopic (exact) mass is 569 g/mol. The molecule has 0 aliphatic carbocycles. The Hall–Kier alpha value is -3.35. The lowest BCUT2D eigenvalue weighted by atomic mass is 9.83. The van der Waals surface area contributed by atoms with E-state index in [4.69, 9.17) is 23.2 Å². The van der Waals surface area contributed by atoms with Crippen LogP contribution in [-0.4, -0.2) is 56.5 Å². The summed E-state index contributed by atoms with van der Waals surface area (Å²) in [5.41, 5.74) is -1.57. The summed E-state index contributed by atoms with van der Waals surface area (Å²) < 4.78 is 43.7. The zero-order chi connectivity index (χ0) is 27.6. The van der Waals surface area contributed by atoms with Crippen LogP contribution in [0.2, 0.25) is 10.0 Å². The number of rotatable bonds is 6. The maximum Gasteiger partial charge on any atom is 0.306 e. The first kappa shape index (κ1) is 26.3. The summed E-state index contributed by atoms with van der Waals surface area (Å²) in [6, 6.07) is 5.16. The molecular weight excluding hydrogens is 550 g/mol. The molecule has 38 heavy (non-hydrogen) atoms. The summed E-state index contributed by atoms with van der Waals surface area (Å²) in [6.45, 7) is 0.396. The highest BCUT2D eigenvalue weighted by Crippen LogP contribution is 2.52. The molecule has 0 bridgehead atoms. The van der Waals surface area contributed by atoms with Gasteiger partial charge in [-0.25, -0.2) is 13.2 Å². The molecule has 1 aromatic heterocycles. The van der Waals surface area contributed by atoms with E-state index in [0.29, 0.717) is 5.52 Å². The van der Waals surface area contributed by atoms with Gasteiger partial charge in [-0.05, 0) is 30.3 Å². The number of hydrogen-bond donors (Lipinski definition) is 4. The number of nitrogens with zero attached hydrogens (tertiary/aromatic N) is 2. The molecule has 0 saturated carbocycles. The van der Waals surface area contributed by atoms with E-state index in [2.05, 4.69) is 20.8 Å². The predicted octanol–water partition coefficient (Wildman–Crippen LogP) is 4.62. The Morgan fingerprint density at radius 2 is 2.03 bits per heavy atom. The lowest BCUT2D eigenvalue weighted by molar-refractivity contribution is -0.147. The number of fused-ring (bicyclic) bond motifs is 2. The zero-order valence-electron chi connectivity index (χ0n) is 19.6. The van der Waals surface area contributed by atoms with Crippen LogP contribution in [-0.2, 0) is 19.9 Å². The Morgan fingerprint density at radius 3 is 2.74 bits per heavy atom. The van der Waals surface area contributed by atoms with Crippen molar-refractivity contribution in [2.75, 3.05) is 17.2 Å². The van der Waals surface area contributed by atoms with E-state index in [1.54, 1.807) is 0 Å². The van der Waals surface area contributed by atoms with Gasteiger partial charge in [0.15, 0.2) is 5.82 Å². The number of aromatic nitrogens is 2. The van der Waals surface area contributed by atoms with Crippen molar-refractivity contribution in [2.45, 2.75) is 37.3 Å². The van der Waals surface area contributed by atoms with Crippen molar-refractivity contribution >= 4 is 63.4 Å². The van der Waals surface area contributed by atoms with Gasteiger partial charge in [-0.1, -0.05) is 30.1 Å². The van der Waals surface area contributed by atoms with Crippen molar-refractivity contribution in [3.8, 4) is 0 Å². The first-order chi connectivity index (χ1) is 17.8. The number of nitrogens with one attached hydrogen (secondary N) is 3. The second kappa shape index (κ2) is 9.14. The SMILES string of the molecule is C[C@@H](C(=O)Nc1n[nH]c2ccc(F)cc12)[C@H]1CC(F)(F)CN1[C@@]1(CC(=O)O)C(=O)Nc2c(Cl)cc(Cl)cc21. The summed E-state index contributed by atoms with van der Waals surface area (Å²) in [5, 5.41) is 21.8. The number of anilines is 2. The lowest BCUT2D eigenvalue weighted by Gasteiger charge is -2.41. The smallest absolute Gasteiger partial charge is 0.306 e. The molecule has 3 aromatic rings. The van der Waals surface area contributed by atoms with Crippen LogP contribution in [0.1, 0.15) is 25.3 Å². The number of H-pyrrole nitrogens is 1. The summed E-state index contributed by atoms with van der Waals surface area (Å²) in [6.07, 6.45) is -1.71. The van der Waals surface area contributed by atoms with E-state index < -0.39 is 66.4 Å². The highest BCUT2D eigenvalue weighted by molar-refractivity contribution is 6.38. The van der Waals surface area contributed by atoms with Crippen molar-refractivity contribution in [3.05, 3.63) is 51.8 Å². The minimum absolute atomic E-state index is 0.00424. The Kier molecular flexibility index (Phi) is 6.32. The number of aromatic amines is 1. The Labute approximate surface area is 223 Å². The minimum atomic E-state index is -3.35. The number of amides is 2.